The Balaban J connectivity index is 1.94. The van der Waals surface area contributed by atoms with E-state index in [0.29, 0.717) is 23.8 Å². The van der Waals surface area contributed by atoms with E-state index < -0.39 is 0 Å². The van der Waals surface area contributed by atoms with Crippen molar-refractivity contribution >= 4 is 0 Å². The zero-order valence-corrected chi connectivity index (χ0v) is 11.5. The molecule has 1 fully saturated rings. The summed E-state index contributed by atoms with van der Waals surface area (Å²) >= 11 is 0. The van der Waals surface area contributed by atoms with Crippen LogP contribution in [0, 0.1) is 5.41 Å². The molecule has 2 N–H and O–H groups in total. The molecule has 0 aliphatic heterocycles. The monoisotopic (exact) mass is 249 g/mol. The topological polar surface area (TPSA) is 41.5 Å². The summed E-state index contributed by atoms with van der Waals surface area (Å²) in [6.45, 7) is 5.33. The van der Waals surface area contributed by atoms with Crippen LogP contribution in [0.15, 0.2) is 18.2 Å². The normalized spacial score (nSPS) is 22.1. The van der Waals surface area contributed by atoms with Crippen molar-refractivity contribution in [1.82, 2.24) is 5.32 Å². The van der Waals surface area contributed by atoms with E-state index in [1.807, 2.05) is 6.07 Å². The summed E-state index contributed by atoms with van der Waals surface area (Å²) < 4.78 is 5.18. The molecule has 1 unspecified atom stereocenters. The van der Waals surface area contributed by atoms with Crippen molar-refractivity contribution in [3.8, 4) is 11.5 Å². The third kappa shape index (κ3) is 3.16. The molecule has 100 valence electrons. The molecule has 1 aliphatic carbocycles. The number of hydrogen-bond donors (Lipinski definition) is 2. The predicted octanol–water partition coefficient (Wildman–Crippen LogP) is 3.07. The summed E-state index contributed by atoms with van der Waals surface area (Å²) in [6, 6.07) is 5.92. The van der Waals surface area contributed by atoms with Crippen molar-refractivity contribution < 1.29 is 9.84 Å². The van der Waals surface area contributed by atoms with E-state index in [1.54, 1.807) is 19.2 Å². The Labute approximate surface area is 109 Å². The van der Waals surface area contributed by atoms with E-state index >= 15 is 0 Å². The Bertz CT molecular complexity index is 415. The van der Waals surface area contributed by atoms with Crippen LogP contribution in [0.1, 0.15) is 38.7 Å². The third-order valence-electron chi connectivity index (χ3n) is 3.84. The molecule has 0 aromatic heterocycles. The molecular weight excluding hydrogens is 226 g/mol. The minimum absolute atomic E-state index is 0.334. The highest BCUT2D eigenvalue weighted by Gasteiger charge is 2.30. The molecule has 0 heterocycles. The molecule has 2 rings (SSSR count). The first kappa shape index (κ1) is 13.2. The van der Waals surface area contributed by atoms with Gasteiger partial charge < -0.3 is 15.2 Å². The van der Waals surface area contributed by atoms with Crippen molar-refractivity contribution in [3.63, 3.8) is 0 Å². The number of phenolic OH excluding ortho intramolecular Hbond substituents is 1. The van der Waals surface area contributed by atoms with Gasteiger partial charge in [0.25, 0.3) is 0 Å². The maximum atomic E-state index is 9.81. The zero-order valence-electron chi connectivity index (χ0n) is 11.5. The number of nitrogens with one attached hydrogen (secondary N) is 1. The fraction of sp³-hybridized carbons (Fsp3) is 0.600. The molecule has 0 spiro atoms. The lowest BCUT2D eigenvalue weighted by molar-refractivity contribution is 0.363. The quantitative estimate of drug-likeness (QED) is 0.861. The second-order valence-electron chi connectivity index (χ2n) is 5.98. The third-order valence-corrected chi connectivity index (χ3v) is 3.84. The highest BCUT2D eigenvalue weighted by molar-refractivity contribution is 5.39. The van der Waals surface area contributed by atoms with E-state index in [4.69, 9.17) is 4.74 Å². The van der Waals surface area contributed by atoms with E-state index in [2.05, 4.69) is 19.2 Å². The van der Waals surface area contributed by atoms with Gasteiger partial charge in [0.15, 0.2) is 0 Å². The van der Waals surface area contributed by atoms with Gasteiger partial charge in [-0.05, 0) is 42.9 Å². The molecular formula is C15H23NO2. The van der Waals surface area contributed by atoms with Gasteiger partial charge in [0.2, 0.25) is 0 Å². The summed E-state index contributed by atoms with van der Waals surface area (Å²) in [7, 11) is 1.64. The van der Waals surface area contributed by atoms with Gasteiger partial charge >= 0.3 is 0 Å². The minimum atomic E-state index is 0.334. The van der Waals surface area contributed by atoms with Gasteiger partial charge in [-0.2, -0.15) is 0 Å². The van der Waals surface area contributed by atoms with Crippen LogP contribution in [0.2, 0.25) is 0 Å². The van der Waals surface area contributed by atoms with Gasteiger partial charge in [-0.15, -0.1) is 0 Å². The van der Waals surface area contributed by atoms with Crippen molar-refractivity contribution in [3.05, 3.63) is 23.8 Å². The Morgan fingerprint density at radius 1 is 1.44 bits per heavy atom. The summed E-state index contributed by atoms with van der Waals surface area (Å²) in [5.41, 5.74) is 1.35. The molecule has 3 nitrogen and oxygen atoms in total. The molecule has 1 aromatic carbocycles. The Morgan fingerprint density at radius 2 is 2.22 bits per heavy atom. The van der Waals surface area contributed by atoms with E-state index in [1.165, 1.54) is 19.3 Å². The summed E-state index contributed by atoms with van der Waals surface area (Å²) in [5, 5.41) is 13.3. The average Bonchev–Trinajstić information content (AvgIpc) is 2.68. The molecule has 1 saturated carbocycles. The summed E-state index contributed by atoms with van der Waals surface area (Å²) in [5.74, 6) is 1.12. The first-order valence-electron chi connectivity index (χ1n) is 6.59. The van der Waals surface area contributed by atoms with Crippen LogP contribution in [-0.2, 0) is 6.54 Å². The first-order chi connectivity index (χ1) is 8.50. The molecule has 0 amide bonds. The molecule has 0 radical (unpaired) electrons. The van der Waals surface area contributed by atoms with Crippen molar-refractivity contribution in [2.45, 2.75) is 45.7 Å². The van der Waals surface area contributed by atoms with Crippen LogP contribution in [0.3, 0.4) is 0 Å². The second kappa shape index (κ2) is 5.19. The molecule has 0 bridgehead atoms. The number of rotatable bonds is 4. The van der Waals surface area contributed by atoms with Crippen LogP contribution >= 0.6 is 0 Å². The lowest BCUT2D eigenvalue weighted by Crippen LogP contribution is -2.26. The summed E-state index contributed by atoms with van der Waals surface area (Å²) in [4.78, 5) is 0. The molecule has 1 atom stereocenters. The Morgan fingerprint density at radius 3 is 2.83 bits per heavy atom. The fourth-order valence-electron chi connectivity index (χ4n) is 2.70. The number of ether oxygens (including phenoxy) is 1. The van der Waals surface area contributed by atoms with Crippen molar-refractivity contribution in [2.24, 2.45) is 5.41 Å². The minimum Gasteiger partial charge on any atom is -0.508 e. The standard InChI is InChI=1S/C15H23NO2/c1-15(2)7-6-12(9-15)16-10-11-8-13(18-3)4-5-14(11)17/h4-5,8,12,16-17H,6-7,9-10H2,1-3H3. The molecule has 3 heteroatoms. The van der Waals surface area contributed by atoms with Crippen LogP contribution in [0.25, 0.3) is 0 Å². The maximum absolute atomic E-state index is 9.81. The Hall–Kier alpha value is -1.22. The molecule has 1 aromatic rings. The van der Waals surface area contributed by atoms with Crippen LogP contribution in [-0.4, -0.2) is 18.3 Å². The largest absolute Gasteiger partial charge is 0.508 e. The van der Waals surface area contributed by atoms with E-state index in [0.717, 1.165) is 11.3 Å². The number of phenols is 1. The van der Waals surface area contributed by atoms with Gasteiger partial charge in [-0.25, -0.2) is 0 Å². The van der Waals surface area contributed by atoms with E-state index in [-0.39, 0.29) is 0 Å². The van der Waals surface area contributed by atoms with Gasteiger partial charge in [-0.3, -0.25) is 0 Å². The van der Waals surface area contributed by atoms with Gasteiger partial charge in [-0.1, -0.05) is 13.8 Å². The lowest BCUT2D eigenvalue weighted by Gasteiger charge is -2.18. The molecule has 1 aliphatic rings. The smallest absolute Gasteiger partial charge is 0.120 e. The van der Waals surface area contributed by atoms with E-state index in [9.17, 15) is 5.11 Å². The SMILES string of the molecule is COc1ccc(O)c(CNC2CCC(C)(C)C2)c1. The average molecular weight is 249 g/mol. The Kier molecular flexibility index (Phi) is 3.81. The highest BCUT2D eigenvalue weighted by Crippen LogP contribution is 2.37. The van der Waals surface area contributed by atoms with Gasteiger partial charge in [0, 0.05) is 18.2 Å². The summed E-state index contributed by atoms with van der Waals surface area (Å²) in [6.07, 6.45) is 3.70. The number of aromatic hydroxyl groups is 1. The van der Waals surface area contributed by atoms with Gasteiger partial charge in [0.05, 0.1) is 7.11 Å². The number of methoxy groups -OCH3 is 1. The van der Waals surface area contributed by atoms with Crippen molar-refractivity contribution in [1.29, 1.82) is 0 Å². The first-order valence-corrected chi connectivity index (χ1v) is 6.59. The maximum Gasteiger partial charge on any atom is 0.120 e. The van der Waals surface area contributed by atoms with Crippen LogP contribution < -0.4 is 10.1 Å². The second-order valence-corrected chi connectivity index (χ2v) is 5.98. The van der Waals surface area contributed by atoms with Crippen LogP contribution in [0.5, 0.6) is 11.5 Å². The molecule has 0 saturated heterocycles. The van der Waals surface area contributed by atoms with Gasteiger partial charge in [0.1, 0.15) is 11.5 Å². The molecule has 18 heavy (non-hydrogen) atoms. The highest BCUT2D eigenvalue weighted by atomic mass is 16.5. The zero-order chi connectivity index (χ0) is 13.2. The van der Waals surface area contributed by atoms with Crippen molar-refractivity contribution in [2.75, 3.05) is 7.11 Å². The number of hydrogen-bond acceptors (Lipinski definition) is 3. The number of benzene rings is 1. The van der Waals surface area contributed by atoms with Crippen LogP contribution in [0.4, 0.5) is 0 Å². The fourth-order valence-corrected chi connectivity index (χ4v) is 2.70. The predicted molar refractivity (Wildman–Crippen MR) is 72.9 cm³/mol. The lowest BCUT2D eigenvalue weighted by atomic mass is 9.92.